The van der Waals surface area contributed by atoms with Gasteiger partial charge in [0.05, 0.1) is 0 Å². The summed E-state index contributed by atoms with van der Waals surface area (Å²) in [5, 5.41) is 0. The fourth-order valence-corrected chi connectivity index (χ4v) is 5.36. The Morgan fingerprint density at radius 1 is 0.600 bits per heavy atom. The second-order valence-corrected chi connectivity index (χ2v) is 12.7. The van der Waals surface area contributed by atoms with E-state index in [1.165, 1.54) is 51.4 Å². The number of thiol groups is 1. The van der Waals surface area contributed by atoms with Crippen LogP contribution < -0.4 is 0 Å². The molecule has 20 heavy (non-hydrogen) atoms. The van der Waals surface area contributed by atoms with E-state index >= 15 is 0 Å². The average Bonchev–Trinajstić information content (AvgIpc) is 2.37. The monoisotopic (exact) mass is 324 g/mol. The van der Waals surface area contributed by atoms with Crippen LogP contribution >= 0.6 is 18.5 Å². The van der Waals surface area contributed by atoms with Crippen molar-refractivity contribution < 1.29 is 9.79 Å². The van der Waals surface area contributed by atoms with Crippen LogP contribution in [0.25, 0.3) is 0 Å². The van der Waals surface area contributed by atoms with Crippen molar-refractivity contribution in [1.29, 1.82) is 0 Å². The minimum atomic E-state index is -3.61. The zero-order valence-electron chi connectivity index (χ0n) is 13.7. The predicted molar refractivity (Wildman–Crippen MR) is 96.8 cm³/mol. The van der Waals surface area contributed by atoms with E-state index in [-0.39, 0.29) is 0 Å². The van der Waals surface area contributed by atoms with Crippen LogP contribution in [0, 0.1) is 0 Å². The van der Waals surface area contributed by atoms with Crippen LogP contribution in [-0.2, 0) is 0 Å². The van der Waals surface area contributed by atoms with Gasteiger partial charge in [-0.15, -0.1) is 0 Å². The Labute approximate surface area is 132 Å². The van der Waals surface area contributed by atoms with E-state index in [2.05, 4.69) is 26.1 Å². The Bertz CT molecular complexity index is 206. The van der Waals surface area contributed by atoms with E-state index in [9.17, 15) is 9.79 Å². The van der Waals surface area contributed by atoms with Gasteiger partial charge in [-0.2, -0.15) is 0 Å². The second-order valence-electron chi connectivity index (χ2n) is 6.32. The molecular weight excluding hydrogens is 287 g/mol. The Balaban J connectivity index is 3.64. The van der Waals surface area contributed by atoms with Crippen LogP contribution in [-0.4, -0.2) is 22.1 Å². The van der Waals surface area contributed by atoms with E-state index in [1.54, 1.807) is 0 Å². The molecule has 0 aromatic heterocycles. The van der Waals surface area contributed by atoms with Crippen molar-refractivity contribution in [3.05, 3.63) is 0 Å². The van der Waals surface area contributed by atoms with Gasteiger partial charge in [0.15, 0.2) is 0 Å². The number of hydrogen-bond acceptors (Lipinski definition) is 3. The molecule has 4 heteroatoms. The molecule has 124 valence electrons. The van der Waals surface area contributed by atoms with Crippen LogP contribution in [0.2, 0.25) is 0 Å². The molecule has 2 nitrogen and oxygen atoms in total. The van der Waals surface area contributed by atoms with Gasteiger partial charge < -0.3 is 0 Å². The quantitative estimate of drug-likeness (QED) is 0.211. The molecule has 0 heterocycles. The third-order valence-corrected chi connectivity index (χ3v) is 7.60. The first kappa shape index (κ1) is 20.7. The van der Waals surface area contributed by atoms with E-state index in [1.807, 2.05) is 0 Å². The fraction of sp³-hybridized carbons (Fsp3) is 1.00. The summed E-state index contributed by atoms with van der Waals surface area (Å²) < 4.78 is 0. The van der Waals surface area contributed by atoms with Gasteiger partial charge in [0, 0.05) is 0 Å². The Hall–Kier alpha value is 0.700. The SMILES string of the molecule is CCCCCCCCP(O)(O)(S)CCCCCCCC. The molecule has 0 aliphatic carbocycles. The van der Waals surface area contributed by atoms with E-state index < -0.39 is 6.26 Å². The molecule has 0 saturated heterocycles. The van der Waals surface area contributed by atoms with Crippen molar-refractivity contribution in [1.82, 2.24) is 0 Å². The van der Waals surface area contributed by atoms with Crippen molar-refractivity contribution in [2.75, 3.05) is 12.3 Å². The topological polar surface area (TPSA) is 40.5 Å². The second kappa shape index (κ2) is 11.3. The van der Waals surface area contributed by atoms with Crippen LogP contribution in [0.5, 0.6) is 0 Å². The maximum absolute atomic E-state index is 10.3. The molecule has 0 aliphatic heterocycles. The van der Waals surface area contributed by atoms with Crippen molar-refractivity contribution in [3.63, 3.8) is 0 Å². The molecule has 0 spiro atoms. The van der Waals surface area contributed by atoms with Crippen LogP contribution in [0.4, 0.5) is 0 Å². The first-order chi connectivity index (χ1) is 9.39. The summed E-state index contributed by atoms with van der Waals surface area (Å²) in [6.07, 6.45) is 11.5. The summed E-state index contributed by atoms with van der Waals surface area (Å²) in [7, 11) is 0. The third kappa shape index (κ3) is 13.7. The molecule has 0 radical (unpaired) electrons. The standard InChI is InChI=1S/C16H37O2PS/c1-3-5-7-9-11-13-15-19(17,18,20)16-14-12-10-8-6-4-2/h17-18,20H,3-16H2,1-2H3. The molecule has 0 fully saturated rings. The zero-order valence-corrected chi connectivity index (χ0v) is 15.5. The molecule has 0 unspecified atom stereocenters. The zero-order chi connectivity index (χ0) is 15.3. The molecule has 0 atom stereocenters. The van der Waals surface area contributed by atoms with E-state index in [4.69, 9.17) is 0 Å². The van der Waals surface area contributed by atoms with E-state index in [0.29, 0.717) is 12.3 Å². The summed E-state index contributed by atoms with van der Waals surface area (Å²) in [5.74, 6) is 0. The van der Waals surface area contributed by atoms with E-state index in [0.717, 1.165) is 25.7 Å². The Kier molecular flexibility index (Phi) is 11.7. The van der Waals surface area contributed by atoms with Gasteiger partial charge in [0.25, 0.3) is 0 Å². The van der Waals surface area contributed by atoms with Crippen molar-refractivity contribution in [3.8, 4) is 0 Å². The van der Waals surface area contributed by atoms with Crippen LogP contribution in [0.3, 0.4) is 0 Å². The normalized spacial score (nSPS) is 14.2. The molecule has 0 rings (SSSR count). The molecular formula is C16H37O2PS. The van der Waals surface area contributed by atoms with Gasteiger partial charge in [0.1, 0.15) is 0 Å². The summed E-state index contributed by atoms with van der Waals surface area (Å²) >= 11 is 4.27. The molecule has 2 N–H and O–H groups in total. The van der Waals surface area contributed by atoms with Crippen molar-refractivity contribution in [2.24, 2.45) is 0 Å². The van der Waals surface area contributed by atoms with Crippen molar-refractivity contribution in [2.45, 2.75) is 90.9 Å². The number of hydrogen-bond donors (Lipinski definition) is 3. The molecule has 0 amide bonds. The predicted octanol–water partition coefficient (Wildman–Crippen LogP) is 5.92. The first-order valence-corrected chi connectivity index (χ1v) is 12.3. The first-order valence-electron chi connectivity index (χ1n) is 8.65. The van der Waals surface area contributed by atoms with Crippen molar-refractivity contribution >= 4 is 18.5 Å². The molecule has 0 bridgehead atoms. The Morgan fingerprint density at radius 2 is 0.900 bits per heavy atom. The maximum atomic E-state index is 10.3. The number of unbranched alkanes of at least 4 members (excludes halogenated alkanes) is 10. The van der Waals surface area contributed by atoms with Crippen LogP contribution in [0.15, 0.2) is 0 Å². The minimum absolute atomic E-state index is 0.510. The summed E-state index contributed by atoms with van der Waals surface area (Å²) in [6, 6.07) is 0. The molecule has 0 saturated carbocycles. The fourth-order valence-electron chi connectivity index (χ4n) is 2.54. The summed E-state index contributed by atoms with van der Waals surface area (Å²) in [5.41, 5.74) is 0. The molecule has 0 aliphatic rings. The summed E-state index contributed by atoms with van der Waals surface area (Å²) in [4.78, 5) is 20.7. The summed E-state index contributed by atoms with van der Waals surface area (Å²) in [6.45, 7) is 4.42. The molecule has 0 aromatic rings. The van der Waals surface area contributed by atoms with Crippen LogP contribution in [0.1, 0.15) is 90.9 Å². The number of rotatable bonds is 14. The molecule has 0 aromatic carbocycles. The van der Waals surface area contributed by atoms with Gasteiger partial charge in [-0.3, -0.25) is 0 Å². The van der Waals surface area contributed by atoms with Gasteiger partial charge in [-0.05, 0) is 0 Å². The average molecular weight is 325 g/mol. The third-order valence-electron chi connectivity index (χ3n) is 3.94. The van der Waals surface area contributed by atoms with Gasteiger partial charge in [-0.1, -0.05) is 0 Å². The van der Waals surface area contributed by atoms with Gasteiger partial charge >= 0.3 is 132 Å². The van der Waals surface area contributed by atoms with Gasteiger partial charge in [-0.25, -0.2) is 0 Å². The Morgan fingerprint density at radius 3 is 1.25 bits per heavy atom. The van der Waals surface area contributed by atoms with Gasteiger partial charge in [0.2, 0.25) is 0 Å².